The van der Waals surface area contributed by atoms with Crippen molar-refractivity contribution < 1.29 is 36.3 Å². The maximum Gasteiger partial charge on any atom is 0.419 e. The van der Waals surface area contributed by atoms with E-state index in [2.05, 4.69) is 143 Å². The van der Waals surface area contributed by atoms with Crippen LogP contribution in [-0.4, -0.2) is 85.3 Å². The Morgan fingerprint density at radius 3 is 0.977 bits per heavy atom. The molecule has 11 aromatic carbocycles. The van der Waals surface area contributed by atoms with Crippen LogP contribution in [0, 0.1) is 11.6 Å². The summed E-state index contributed by atoms with van der Waals surface area (Å²) in [6.45, 7) is 25.9. The van der Waals surface area contributed by atoms with Crippen LogP contribution < -0.4 is 31.1 Å². The second-order valence-corrected chi connectivity index (χ2v) is 36.3. The summed E-state index contributed by atoms with van der Waals surface area (Å²) in [6, 6.07) is 66.7. The molecule has 4 N–H and O–H groups in total. The fourth-order valence-corrected chi connectivity index (χ4v) is 17.7. The first-order valence-corrected chi connectivity index (χ1v) is 47.4. The monoisotopic (exact) mass is 1930 g/mol. The van der Waals surface area contributed by atoms with Crippen molar-refractivity contribution in [2.45, 2.75) is 177 Å². The Balaban J connectivity index is 0.000000179. The predicted molar refractivity (Wildman–Crippen MR) is 535 cm³/mol. The molecule has 0 aliphatic rings. The molecule has 132 heavy (non-hydrogen) atoms. The Morgan fingerprint density at radius 1 is 0.356 bits per heavy atom. The number of carbonyl (C=O) groups is 3. The Hall–Kier alpha value is -10.2. The van der Waals surface area contributed by atoms with Gasteiger partial charge in [-0.25, -0.2) is 23.7 Å². The van der Waals surface area contributed by atoms with E-state index in [1.807, 2.05) is 108 Å². The normalized spacial score (nSPS) is 12.2. The number of fused-ring (bicyclic) bond motifs is 3. The molecule has 14 rings (SSSR count). The largest absolute Gasteiger partial charge is 0.419 e. The van der Waals surface area contributed by atoms with Crippen molar-refractivity contribution in [2.75, 3.05) is 54.0 Å². The molecule has 3 unspecified atom stereocenters. The Labute approximate surface area is 804 Å². The van der Waals surface area contributed by atoms with Gasteiger partial charge >= 0.3 is 6.18 Å². The van der Waals surface area contributed by atoms with E-state index in [4.69, 9.17) is 102 Å². The number of hydrogen-bond donors (Lipinski definition) is 3. The van der Waals surface area contributed by atoms with E-state index in [0.717, 1.165) is 190 Å². The number of nitrogens with one attached hydrogen (secondary N) is 2. The van der Waals surface area contributed by atoms with Gasteiger partial charge in [-0.3, -0.25) is 14.4 Å². The number of halogens is 12. The summed E-state index contributed by atoms with van der Waals surface area (Å²) in [5, 5.41) is 10.2. The van der Waals surface area contributed by atoms with Crippen molar-refractivity contribution in [3.05, 3.63) is 315 Å². The molecule has 0 spiro atoms. The zero-order valence-electron chi connectivity index (χ0n) is 75.5. The highest BCUT2D eigenvalue weighted by Gasteiger charge is 2.34. The second kappa shape index (κ2) is 47.1. The number of nitrogens with zero attached hydrogens (tertiary/aromatic N) is 9. The molecule has 3 atom stereocenters. The van der Waals surface area contributed by atoms with Crippen LogP contribution in [0.5, 0.6) is 0 Å². The highest BCUT2D eigenvalue weighted by Crippen LogP contribution is 2.39. The van der Waals surface area contributed by atoms with Crippen LogP contribution in [-0.2, 0) is 53.3 Å². The van der Waals surface area contributed by atoms with E-state index < -0.39 is 29.4 Å². The van der Waals surface area contributed by atoms with Gasteiger partial charge in [0.1, 0.15) is 46.5 Å². The van der Waals surface area contributed by atoms with Crippen molar-refractivity contribution >= 4 is 149 Å². The number of alkyl halides is 3. The molecule has 0 radical (unpaired) electrons. The lowest BCUT2D eigenvalue weighted by Gasteiger charge is -2.24. The van der Waals surface area contributed by atoms with Gasteiger partial charge in [0.05, 0.1) is 73.8 Å². The molecule has 0 saturated carbocycles. The van der Waals surface area contributed by atoms with E-state index in [9.17, 15) is 36.3 Å². The summed E-state index contributed by atoms with van der Waals surface area (Å²) in [4.78, 5) is 58.6. The molecule has 0 aliphatic heterocycles. The van der Waals surface area contributed by atoms with Crippen molar-refractivity contribution in [3.63, 3.8) is 0 Å². The predicted octanol–water partition coefficient (Wildman–Crippen LogP) is 28.6. The molecule has 27 heteroatoms. The third-order valence-electron chi connectivity index (χ3n) is 22.9. The van der Waals surface area contributed by atoms with Crippen LogP contribution in [0.2, 0.25) is 35.2 Å². The third kappa shape index (κ3) is 26.2. The molecule has 0 amide bonds. The molecule has 14 aromatic rings. The summed E-state index contributed by atoms with van der Waals surface area (Å²) in [5.74, 6) is 0.627. The molecule has 0 saturated heterocycles. The van der Waals surface area contributed by atoms with Gasteiger partial charge in [-0.15, -0.1) is 0 Å². The summed E-state index contributed by atoms with van der Waals surface area (Å²) >= 11 is 43.5. The smallest absolute Gasteiger partial charge is 0.372 e. The molecule has 0 bridgehead atoms. The molecule has 0 aliphatic carbocycles. The van der Waals surface area contributed by atoms with Gasteiger partial charge in [-0.05, 0) is 274 Å². The quantitative estimate of drug-likeness (QED) is 0.0313. The van der Waals surface area contributed by atoms with Gasteiger partial charge in [-0.2, -0.15) is 13.2 Å². The first kappa shape index (κ1) is 101. The average Bonchev–Trinajstić information content (AvgIpc) is 1.66. The van der Waals surface area contributed by atoms with Gasteiger partial charge in [0.2, 0.25) is 0 Å². The van der Waals surface area contributed by atoms with Crippen LogP contribution in [0.25, 0.3) is 67.3 Å². The number of carbonyl (C=O) groups excluding carboxylic acids is 3. The number of nitrogens with two attached hydrogens (primary N) is 1. The molecule has 3 aromatic heterocycles. The molecule has 692 valence electrons. The topological polar surface area (TPSA) is 164 Å². The van der Waals surface area contributed by atoms with Gasteiger partial charge in [0.15, 0.2) is 0 Å². The zero-order valence-corrected chi connectivity index (χ0v) is 80.8. The number of aromatic nitrogens is 6. The van der Waals surface area contributed by atoms with Crippen LogP contribution in [0.15, 0.2) is 218 Å². The zero-order chi connectivity index (χ0) is 94.6. The third-order valence-corrected chi connectivity index (χ3v) is 25.4. The maximum atomic E-state index is 14.4. The lowest BCUT2D eigenvalue weighted by Crippen LogP contribution is -2.24. The molecule has 15 nitrogen and oxygen atoms in total. The molecule has 3 heterocycles. The number of hydrogen-bond acceptors (Lipinski definition) is 12. The van der Waals surface area contributed by atoms with Crippen LogP contribution in [0.1, 0.15) is 188 Å². The first-order chi connectivity index (χ1) is 63.3. The van der Waals surface area contributed by atoms with Gasteiger partial charge in [0.25, 0.3) is 0 Å². The lowest BCUT2D eigenvalue weighted by molar-refractivity contribution is -0.140. The van der Waals surface area contributed by atoms with Gasteiger partial charge in [-0.1, -0.05) is 171 Å². The van der Waals surface area contributed by atoms with E-state index in [1.165, 1.54) is 30.4 Å². The van der Waals surface area contributed by atoms with Gasteiger partial charge in [0, 0.05) is 143 Å². The van der Waals surface area contributed by atoms with E-state index in [1.54, 1.807) is 38.1 Å². The highest BCUT2D eigenvalue weighted by atomic mass is 35.5. The van der Waals surface area contributed by atoms with E-state index >= 15 is 0 Å². The number of anilines is 3. The van der Waals surface area contributed by atoms with Crippen molar-refractivity contribution in [1.82, 2.24) is 39.3 Å². The van der Waals surface area contributed by atoms with Crippen LogP contribution in [0.3, 0.4) is 0 Å². The fraction of sp³-hybridized carbons (Fsp3) is 0.314. The minimum atomic E-state index is -4.77. The summed E-state index contributed by atoms with van der Waals surface area (Å²) < 4.78 is 74.0. The first-order valence-electron chi connectivity index (χ1n) is 44.7. The number of Topliss-reactive ketones (excluding diaryl/α,β-unsaturated/α-hetero) is 3. The average molecular weight is 1930 g/mol. The second-order valence-electron chi connectivity index (χ2n) is 33.4. The summed E-state index contributed by atoms with van der Waals surface area (Å²) in [6.07, 6.45) is 2.48. The lowest BCUT2D eigenvalue weighted by atomic mass is 10.0. The number of imidazole rings is 3. The van der Waals surface area contributed by atoms with Crippen LogP contribution >= 0.6 is 81.2 Å². The molecular formula is C105H110Cl7F5N12O3. The number of rotatable bonds is 39. The maximum absolute atomic E-state index is 14.4. The SMILES string of the molecule is CCCN(CCC)c1ccc(-c2nc3cc(C(CC(C)=O)NCc4ccc(Cl)c(Cl)c4)ccc3n2Cc2ccc(Cl)c(Cl)c2)cc1.CCCN(CCC)c1ccc(-c2nc3cc(C(CC(C)=O)NCc4ccc(Cl)c(Cl)c4)ccc3n2Cc2ccc(F)c(Cl)c2)cc1.CCCN(CCC)c1ccc(-c2nc3cc(C(N)CC(C)=O)ccc3n2Cc2ccc(C(F)(F)F)c(F)c2)cc1. The van der Waals surface area contributed by atoms with Crippen molar-refractivity contribution in [3.8, 4) is 34.2 Å². The fourth-order valence-electron chi connectivity index (χ4n) is 16.5. The van der Waals surface area contributed by atoms with Crippen molar-refractivity contribution in [2.24, 2.45) is 5.73 Å². The van der Waals surface area contributed by atoms with Crippen molar-refractivity contribution in [1.29, 1.82) is 0 Å². The van der Waals surface area contributed by atoms with Crippen LogP contribution in [0.4, 0.5) is 39.0 Å². The molecule has 0 fully saturated rings. The Kier molecular flexibility index (Phi) is 36.0. The minimum absolute atomic E-state index is 0.0246. The minimum Gasteiger partial charge on any atom is -0.372 e. The van der Waals surface area contributed by atoms with Gasteiger partial charge < -0.3 is 44.8 Å². The highest BCUT2D eigenvalue weighted by molar-refractivity contribution is 6.43. The Morgan fingerprint density at radius 2 is 0.659 bits per heavy atom. The van der Waals surface area contributed by atoms with E-state index in [0.29, 0.717) is 86.1 Å². The van der Waals surface area contributed by atoms with E-state index in [-0.39, 0.29) is 47.4 Å². The number of ketones is 3. The Bertz CT molecular complexity index is 6040. The summed E-state index contributed by atoms with van der Waals surface area (Å²) in [5.41, 5.74) is 23.0. The molecular weight excluding hydrogens is 1820 g/mol. The standard InChI is InChI=1S/C37H38Cl4N4O.C37H38Cl3FN4O.C31H34F4N4O/c1-4-16-44(17-5-2)29-11-8-27(9-12-29)37-43-35-21-28(10-15-36(35)45(37)23-26-7-14-31(39)33(41)20-26)34(18-24(3)46)42-22-25-6-13-30(38)32(40)19-25;1-4-16-44(17-5-2)29-11-8-27(9-12-29)37-43-35-21-28(10-15-36(35)45(37)23-26-7-14-33(41)32(40)20-26)34(18-24(3)46)42-22-25-6-13-30(38)31(39)19-25;1-4-14-38(15-5-2)24-10-7-22(8-11-24)30-37-28-18-23(27(36)16-20(3)40)9-13-29(28)39(30)19-21-6-12-25(26(32)17-21)31(33,34)35/h2*6-15,19-21,34,42H,4-5,16-18,22-23H2,1-3H3;6-13,17-18,27H,4-5,14-16,19,36H2,1-3H3. The summed E-state index contributed by atoms with van der Waals surface area (Å²) in [7, 11) is 0. The number of benzene rings is 11.